The third-order valence-electron chi connectivity index (χ3n) is 11.6. The van der Waals surface area contributed by atoms with Crippen molar-refractivity contribution in [2.45, 2.75) is 264 Å². The van der Waals surface area contributed by atoms with Crippen LogP contribution >= 0.6 is 0 Å². The summed E-state index contributed by atoms with van der Waals surface area (Å²) in [5.41, 5.74) is 0. The second-order valence-electron chi connectivity index (χ2n) is 18.1. The molecule has 0 saturated heterocycles. The summed E-state index contributed by atoms with van der Waals surface area (Å²) in [7, 11) is 0. The van der Waals surface area contributed by atoms with Gasteiger partial charge in [-0.15, -0.1) is 0 Å². The number of unbranched alkanes of at least 4 members (excludes halogenated alkanes) is 24. The highest BCUT2D eigenvalue weighted by Gasteiger charge is 2.19. The molecule has 378 valence electrons. The van der Waals surface area contributed by atoms with E-state index in [-0.39, 0.29) is 31.1 Å². The predicted molar refractivity (Wildman–Crippen MR) is 284 cm³/mol. The summed E-state index contributed by atoms with van der Waals surface area (Å²) in [6, 6.07) is 0. The zero-order chi connectivity index (χ0) is 47.9. The van der Waals surface area contributed by atoms with Crippen molar-refractivity contribution >= 4 is 17.9 Å². The number of carbonyl (C=O) groups excluding carboxylic acids is 3. The molecule has 0 N–H and O–H groups in total. The lowest BCUT2D eigenvalue weighted by molar-refractivity contribution is -0.167. The van der Waals surface area contributed by atoms with Gasteiger partial charge in [0.2, 0.25) is 0 Å². The lowest BCUT2D eigenvalue weighted by Gasteiger charge is -2.18. The van der Waals surface area contributed by atoms with E-state index in [4.69, 9.17) is 14.2 Å². The Labute approximate surface area is 407 Å². The SMILES string of the molecule is CC/C=C\C/C=C\C/C=C\C/C=C\CCCCCCCCCCCCCCCCC(=O)OCC(COC(=O)CCCCCCCCCC)OC(=O)CCCCC/C=C\C/C=C\C/C=C\CC. The molecule has 6 heteroatoms. The van der Waals surface area contributed by atoms with Crippen molar-refractivity contribution in [1.29, 1.82) is 0 Å². The van der Waals surface area contributed by atoms with Crippen molar-refractivity contribution in [2.24, 2.45) is 0 Å². The zero-order valence-corrected chi connectivity index (χ0v) is 43.2. The zero-order valence-electron chi connectivity index (χ0n) is 43.2. The minimum absolute atomic E-state index is 0.0865. The molecule has 0 aromatic heterocycles. The largest absolute Gasteiger partial charge is 0.462 e. The Kier molecular flexibility index (Phi) is 51.4. The predicted octanol–water partition coefficient (Wildman–Crippen LogP) is 18.4. The molecule has 66 heavy (non-hydrogen) atoms. The van der Waals surface area contributed by atoms with Gasteiger partial charge in [0.1, 0.15) is 13.2 Å². The van der Waals surface area contributed by atoms with E-state index in [1.807, 2.05) is 0 Å². The Morgan fingerprint density at radius 2 is 0.591 bits per heavy atom. The van der Waals surface area contributed by atoms with Crippen LogP contribution in [0.15, 0.2) is 85.1 Å². The fourth-order valence-corrected chi connectivity index (χ4v) is 7.57. The van der Waals surface area contributed by atoms with Gasteiger partial charge in [-0.1, -0.05) is 234 Å². The summed E-state index contributed by atoms with van der Waals surface area (Å²) in [6.45, 7) is 6.36. The highest BCUT2D eigenvalue weighted by atomic mass is 16.6. The van der Waals surface area contributed by atoms with Crippen molar-refractivity contribution in [1.82, 2.24) is 0 Å². The van der Waals surface area contributed by atoms with Crippen LogP contribution in [0.4, 0.5) is 0 Å². The molecule has 0 aromatic carbocycles. The summed E-state index contributed by atoms with van der Waals surface area (Å²) in [5, 5.41) is 0. The quantitative estimate of drug-likeness (QED) is 0.0262. The Morgan fingerprint density at radius 3 is 0.939 bits per heavy atom. The molecule has 0 amide bonds. The van der Waals surface area contributed by atoms with Gasteiger partial charge in [-0.25, -0.2) is 0 Å². The molecule has 0 bridgehead atoms. The van der Waals surface area contributed by atoms with Crippen LogP contribution in [0.2, 0.25) is 0 Å². The highest BCUT2D eigenvalue weighted by Crippen LogP contribution is 2.15. The highest BCUT2D eigenvalue weighted by molar-refractivity contribution is 5.71. The van der Waals surface area contributed by atoms with Crippen molar-refractivity contribution in [3.05, 3.63) is 85.1 Å². The van der Waals surface area contributed by atoms with Gasteiger partial charge in [0, 0.05) is 19.3 Å². The van der Waals surface area contributed by atoms with Crippen LogP contribution in [-0.2, 0) is 28.6 Å². The van der Waals surface area contributed by atoms with Crippen molar-refractivity contribution in [2.75, 3.05) is 13.2 Å². The molecule has 0 aliphatic heterocycles. The summed E-state index contributed by atoms with van der Waals surface area (Å²) in [4.78, 5) is 37.9. The van der Waals surface area contributed by atoms with Gasteiger partial charge in [0.05, 0.1) is 0 Å². The maximum atomic E-state index is 12.8. The number of esters is 3. The lowest BCUT2D eigenvalue weighted by atomic mass is 10.0. The molecule has 6 nitrogen and oxygen atoms in total. The van der Waals surface area contributed by atoms with E-state index in [0.717, 1.165) is 109 Å². The number of hydrogen-bond donors (Lipinski definition) is 0. The van der Waals surface area contributed by atoms with Gasteiger partial charge < -0.3 is 14.2 Å². The Morgan fingerprint density at radius 1 is 0.318 bits per heavy atom. The molecule has 0 aliphatic carbocycles. The first-order valence-electron chi connectivity index (χ1n) is 27.6. The molecule has 0 spiro atoms. The fraction of sp³-hybridized carbons (Fsp3) is 0.717. The van der Waals surface area contributed by atoms with E-state index in [2.05, 4.69) is 106 Å². The Hall–Kier alpha value is -3.41. The van der Waals surface area contributed by atoms with Crippen LogP contribution in [-0.4, -0.2) is 37.2 Å². The molecule has 0 radical (unpaired) electrons. The fourth-order valence-electron chi connectivity index (χ4n) is 7.57. The van der Waals surface area contributed by atoms with Crippen molar-refractivity contribution < 1.29 is 28.6 Å². The molecule has 0 aliphatic rings. The van der Waals surface area contributed by atoms with Gasteiger partial charge in [0.15, 0.2) is 6.10 Å². The average molecular weight is 919 g/mol. The smallest absolute Gasteiger partial charge is 0.306 e. The van der Waals surface area contributed by atoms with Crippen LogP contribution in [0, 0.1) is 0 Å². The first-order chi connectivity index (χ1) is 32.5. The maximum absolute atomic E-state index is 12.8. The number of rotatable bonds is 49. The van der Waals surface area contributed by atoms with E-state index >= 15 is 0 Å². The topological polar surface area (TPSA) is 78.9 Å². The summed E-state index contributed by atoms with van der Waals surface area (Å²) in [6.07, 6.45) is 70.3. The molecule has 1 unspecified atom stereocenters. The standard InChI is InChI=1S/C60H102O6/c1-4-7-10-13-16-19-21-23-24-25-26-27-28-29-30-31-32-33-34-35-36-38-39-41-44-47-50-53-59(62)65-56-57(55-64-58(61)52-49-46-43-18-15-12-9-6-3)66-60(63)54-51-48-45-42-40-37-22-20-17-14-11-8-5-2/h7-8,10-11,16-17,19-20,23-24,26-27,37,40,57H,4-6,9,12-15,18,21-22,25,28-36,38-39,41-56H2,1-3H3/b10-7-,11-8-,19-16-,20-17-,24-23-,27-26-,40-37-. The molecule has 1 atom stereocenters. The van der Waals surface area contributed by atoms with Gasteiger partial charge >= 0.3 is 17.9 Å². The summed E-state index contributed by atoms with van der Waals surface area (Å²) >= 11 is 0. The van der Waals surface area contributed by atoms with Gasteiger partial charge in [-0.3, -0.25) is 14.4 Å². The van der Waals surface area contributed by atoms with Crippen LogP contribution in [0.25, 0.3) is 0 Å². The molecule has 0 aromatic rings. The molecule has 0 rings (SSSR count). The number of ether oxygens (including phenoxy) is 3. The van der Waals surface area contributed by atoms with E-state index < -0.39 is 6.10 Å². The molecule has 0 saturated carbocycles. The minimum Gasteiger partial charge on any atom is -0.462 e. The third-order valence-corrected chi connectivity index (χ3v) is 11.6. The van der Waals surface area contributed by atoms with E-state index in [0.29, 0.717) is 19.3 Å². The first-order valence-corrected chi connectivity index (χ1v) is 27.6. The van der Waals surface area contributed by atoms with Crippen molar-refractivity contribution in [3.63, 3.8) is 0 Å². The number of hydrogen-bond acceptors (Lipinski definition) is 6. The van der Waals surface area contributed by atoms with Gasteiger partial charge in [-0.05, 0) is 89.9 Å². The molecular weight excluding hydrogens is 817 g/mol. The minimum atomic E-state index is -0.788. The molecule has 0 heterocycles. The summed E-state index contributed by atoms with van der Waals surface area (Å²) < 4.78 is 16.7. The lowest BCUT2D eigenvalue weighted by Crippen LogP contribution is -2.30. The van der Waals surface area contributed by atoms with Crippen LogP contribution < -0.4 is 0 Å². The Bertz CT molecular complexity index is 1290. The van der Waals surface area contributed by atoms with E-state index in [1.165, 1.54) is 109 Å². The maximum Gasteiger partial charge on any atom is 0.306 e. The first kappa shape index (κ1) is 62.6. The van der Waals surface area contributed by atoms with Crippen molar-refractivity contribution in [3.8, 4) is 0 Å². The normalized spacial score (nSPS) is 12.7. The average Bonchev–Trinajstić information content (AvgIpc) is 3.31. The van der Waals surface area contributed by atoms with Crippen LogP contribution in [0.1, 0.15) is 258 Å². The van der Waals surface area contributed by atoms with Crippen LogP contribution in [0.5, 0.6) is 0 Å². The number of allylic oxidation sites excluding steroid dienone is 14. The van der Waals surface area contributed by atoms with Crippen LogP contribution in [0.3, 0.4) is 0 Å². The second-order valence-corrected chi connectivity index (χ2v) is 18.1. The third kappa shape index (κ3) is 51.6. The molecule has 0 fully saturated rings. The van der Waals surface area contributed by atoms with Gasteiger partial charge in [0.25, 0.3) is 0 Å². The summed E-state index contributed by atoms with van der Waals surface area (Å²) in [5.74, 6) is -0.919. The second kappa shape index (κ2) is 54.2. The Balaban J connectivity index is 4.15. The van der Waals surface area contributed by atoms with E-state index in [1.54, 1.807) is 0 Å². The monoisotopic (exact) mass is 919 g/mol. The number of carbonyl (C=O) groups is 3. The van der Waals surface area contributed by atoms with E-state index in [9.17, 15) is 14.4 Å². The van der Waals surface area contributed by atoms with Gasteiger partial charge in [-0.2, -0.15) is 0 Å². The molecular formula is C60H102O6.